The number of halogens is 2. The van der Waals surface area contributed by atoms with E-state index in [-0.39, 0.29) is 12.4 Å². The molecule has 0 saturated heterocycles. The number of aliphatic hydroxyl groups is 1. The van der Waals surface area contributed by atoms with Crippen LogP contribution in [0.4, 0.5) is 4.39 Å². The second-order valence-electron chi connectivity index (χ2n) is 4.39. The number of hydrogen-bond donors (Lipinski definition) is 1. The number of benzene rings is 1. The van der Waals surface area contributed by atoms with Crippen LogP contribution in [-0.2, 0) is 6.54 Å². The van der Waals surface area contributed by atoms with Gasteiger partial charge in [0.05, 0.1) is 4.47 Å². The summed E-state index contributed by atoms with van der Waals surface area (Å²) in [6.45, 7) is 6.07. The van der Waals surface area contributed by atoms with Gasteiger partial charge in [0.25, 0.3) is 0 Å². The van der Waals surface area contributed by atoms with Crippen LogP contribution < -0.4 is 0 Å². The molecule has 96 valence electrons. The van der Waals surface area contributed by atoms with E-state index in [0.29, 0.717) is 10.5 Å². The highest BCUT2D eigenvalue weighted by Gasteiger charge is 2.10. The second kappa shape index (κ2) is 7.09. The highest BCUT2D eigenvalue weighted by molar-refractivity contribution is 9.10. The molecular formula is C13H19BrFNO. The molecule has 0 bridgehead atoms. The molecule has 0 atom stereocenters. The van der Waals surface area contributed by atoms with Gasteiger partial charge in [-0.15, -0.1) is 0 Å². The van der Waals surface area contributed by atoms with E-state index in [2.05, 4.69) is 34.7 Å². The predicted octanol–water partition coefficient (Wildman–Crippen LogP) is 3.18. The van der Waals surface area contributed by atoms with Crippen LogP contribution in [0.3, 0.4) is 0 Å². The van der Waals surface area contributed by atoms with E-state index in [9.17, 15) is 4.39 Å². The van der Waals surface area contributed by atoms with Gasteiger partial charge >= 0.3 is 0 Å². The molecular weight excluding hydrogens is 285 g/mol. The summed E-state index contributed by atoms with van der Waals surface area (Å²) in [4.78, 5) is 2.26. The summed E-state index contributed by atoms with van der Waals surface area (Å²) in [6.07, 6.45) is 0.764. The predicted molar refractivity (Wildman–Crippen MR) is 71.3 cm³/mol. The summed E-state index contributed by atoms with van der Waals surface area (Å²) in [5.74, 6) is -0.236. The molecule has 0 fully saturated rings. The van der Waals surface area contributed by atoms with Crippen LogP contribution in [0.15, 0.2) is 22.7 Å². The Morgan fingerprint density at radius 2 is 2.12 bits per heavy atom. The summed E-state index contributed by atoms with van der Waals surface area (Å²) in [7, 11) is 0. The first kappa shape index (κ1) is 14.6. The van der Waals surface area contributed by atoms with Crippen molar-refractivity contribution < 1.29 is 9.50 Å². The Hall–Kier alpha value is -0.450. The Balaban J connectivity index is 2.68. The summed E-state index contributed by atoms with van der Waals surface area (Å²) in [5, 5.41) is 8.86. The fourth-order valence-corrected chi connectivity index (χ4v) is 2.09. The van der Waals surface area contributed by atoms with Gasteiger partial charge in [-0.3, -0.25) is 4.90 Å². The SMILES string of the molecule is CC(C)N(CCCO)Cc1ccc(F)c(Br)c1. The molecule has 1 aromatic carbocycles. The summed E-state index contributed by atoms with van der Waals surface area (Å²) in [5.41, 5.74) is 1.07. The van der Waals surface area contributed by atoms with Gasteiger partial charge in [-0.1, -0.05) is 6.07 Å². The van der Waals surface area contributed by atoms with Gasteiger partial charge in [-0.2, -0.15) is 0 Å². The topological polar surface area (TPSA) is 23.5 Å². The lowest BCUT2D eigenvalue weighted by molar-refractivity contribution is 0.185. The molecule has 1 rings (SSSR count). The first-order valence-corrected chi connectivity index (χ1v) is 6.62. The highest BCUT2D eigenvalue weighted by atomic mass is 79.9. The van der Waals surface area contributed by atoms with Crippen LogP contribution in [-0.4, -0.2) is 29.2 Å². The van der Waals surface area contributed by atoms with E-state index in [1.54, 1.807) is 6.07 Å². The molecule has 0 amide bonds. The van der Waals surface area contributed by atoms with E-state index >= 15 is 0 Å². The third-order valence-corrected chi connectivity index (χ3v) is 3.31. The summed E-state index contributed by atoms with van der Waals surface area (Å²) >= 11 is 3.19. The van der Waals surface area contributed by atoms with Crippen molar-refractivity contribution in [2.75, 3.05) is 13.2 Å². The Labute approximate surface area is 111 Å². The first-order chi connectivity index (χ1) is 8.04. The highest BCUT2D eigenvalue weighted by Crippen LogP contribution is 2.18. The quantitative estimate of drug-likeness (QED) is 0.872. The lowest BCUT2D eigenvalue weighted by Gasteiger charge is -2.26. The van der Waals surface area contributed by atoms with E-state index in [4.69, 9.17) is 5.11 Å². The van der Waals surface area contributed by atoms with Crippen LogP contribution in [0.1, 0.15) is 25.8 Å². The molecule has 4 heteroatoms. The van der Waals surface area contributed by atoms with Crippen molar-refractivity contribution in [2.24, 2.45) is 0 Å². The van der Waals surface area contributed by atoms with Crippen molar-refractivity contribution in [2.45, 2.75) is 32.9 Å². The molecule has 0 unspecified atom stereocenters. The molecule has 1 aromatic rings. The third-order valence-electron chi connectivity index (χ3n) is 2.70. The average molecular weight is 304 g/mol. The van der Waals surface area contributed by atoms with Crippen LogP contribution in [0.25, 0.3) is 0 Å². The molecule has 0 aliphatic carbocycles. The Bertz CT molecular complexity index is 357. The standard InChI is InChI=1S/C13H19BrFNO/c1-10(2)16(6-3-7-17)9-11-4-5-13(15)12(14)8-11/h4-5,8,10,17H,3,6-7,9H2,1-2H3. The van der Waals surface area contributed by atoms with E-state index in [1.807, 2.05) is 6.07 Å². The van der Waals surface area contributed by atoms with Gasteiger partial charge < -0.3 is 5.11 Å². The number of aliphatic hydroxyl groups excluding tert-OH is 1. The van der Waals surface area contributed by atoms with Crippen molar-refractivity contribution in [3.05, 3.63) is 34.1 Å². The van der Waals surface area contributed by atoms with Gasteiger partial charge in [0.15, 0.2) is 0 Å². The van der Waals surface area contributed by atoms with E-state index in [0.717, 1.165) is 25.1 Å². The number of nitrogens with zero attached hydrogens (tertiary/aromatic N) is 1. The fraction of sp³-hybridized carbons (Fsp3) is 0.538. The molecule has 1 N–H and O–H groups in total. The Kier molecular flexibility index (Phi) is 6.09. The van der Waals surface area contributed by atoms with Crippen LogP contribution in [0.5, 0.6) is 0 Å². The van der Waals surface area contributed by atoms with Gasteiger partial charge in [0, 0.05) is 25.7 Å². The minimum absolute atomic E-state index is 0.205. The number of hydrogen-bond acceptors (Lipinski definition) is 2. The molecule has 0 spiro atoms. The zero-order valence-corrected chi connectivity index (χ0v) is 11.9. The first-order valence-electron chi connectivity index (χ1n) is 5.83. The molecule has 0 aromatic heterocycles. The Morgan fingerprint density at radius 3 is 2.65 bits per heavy atom. The van der Waals surface area contributed by atoms with Gasteiger partial charge in [0.2, 0.25) is 0 Å². The van der Waals surface area contributed by atoms with Crippen molar-refractivity contribution >= 4 is 15.9 Å². The average Bonchev–Trinajstić information content (AvgIpc) is 2.28. The van der Waals surface area contributed by atoms with Crippen molar-refractivity contribution in [1.29, 1.82) is 0 Å². The van der Waals surface area contributed by atoms with Crippen LogP contribution >= 0.6 is 15.9 Å². The zero-order chi connectivity index (χ0) is 12.8. The van der Waals surface area contributed by atoms with Gasteiger partial charge in [0.1, 0.15) is 5.82 Å². The second-order valence-corrected chi connectivity index (χ2v) is 5.24. The third kappa shape index (κ3) is 4.74. The lowest BCUT2D eigenvalue weighted by atomic mass is 10.2. The molecule has 0 aliphatic heterocycles. The van der Waals surface area contributed by atoms with E-state index < -0.39 is 0 Å². The smallest absolute Gasteiger partial charge is 0.137 e. The van der Waals surface area contributed by atoms with Crippen molar-refractivity contribution in [1.82, 2.24) is 4.90 Å². The van der Waals surface area contributed by atoms with Gasteiger partial charge in [-0.05, 0) is 53.9 Å². The van der Waals surface area contributed by atoms with Crippen LogP contribution in [0.2, 0.25) is 0 Å². The molecule has 0 radical (unpaired) electrons. The molecule has 0 saturated carbocycles. The lowest BCUT2D eigenvalue weighted by Crippen LogP contribution is -2.31. The Morgan fingerprint density at radius 1 is 1.41 bits per heavy atom. The van der Waals surface area contributed by atoms with E-state index in [1.165, 1.54) is 6.07 Å². The zero-order valence-electron chi connectivity index (χ0n) is 10.3. The summed E-state index contributed by atoms with van der Waals surface area (Å²) in [6, 6.07) is 5.49. The maximum Gasteiger partial charge on any atom is 0.137 e. The van der Waals surface area contributed by atoms with Crippen molar-refractivity contribution in [3.63, 3.8) is 0 Å². The van der Waals surface area contributed by atoms with Crippen LogP contribution in [0, 0.1) is 5.82 Å². The minimum Gasteiger partial charge on any atom is -0.396 e. The largest absolute Gasteiger partial charge is 0.396 e. The molecule has 0 heterocycles. The number of rotatable bonds is 6. The summed E-state index contributed by atoms with van der Waals surface area (Å²) < 4.78 is 13.6. The maximum absolute atomic E-state index is 13.1. The fourth-order valence-electron chi connectivity index (χ4n) is 1.67. The maximum atomic E-state index is 13.1. The molecule has 17 heavy (non-hydrogen) atoms. The van der Waals surface area contributed by atoms with Gasteiger partial charge in [-0.25, -0.2) is 4.39 Å². The normalized spacial score (nSPS) is 11.5. The molecule has 0 aliphatic rings. The van der Waals surface area contributed by atoms with Crippen molar-refractivity contribution in [3.8, 4) is 0 Å². The minimum atomic E-state index is -0.236. The molecule has 2 nitrogen and oxygen atoms in total. The monoisotopic (exact) mass is 303 g/mol.